The highest BCUT2D eigenvalue weighted by Crippen LogP contribution is 2.28. The van der Waals surface area contributed by atoms with Gasteiger partial charge >= 0.3 is 0 Å². The maximum Gasteiger partial charge on any atom is 0.226 e. The molecule has 0 saturated carbocycles. The van der Waals surface area contributed by atoms with E-state index in [1.165, 1.54) is 0 Å². The van der Waals surface area contributed by atoms with Crippen LogP contribution in [0, 0.1) is 0 Å². The SMILES string of the molecule is Cl.Cl.O=C(CC1COCCN1)Nc1ccc(OCc2cccnc2)c(Cl)c1. The van der Waals surface area contributed by atoms with Gasteiger partial charge in [0.2, 0.25) is 5.91 Å². The third kappa shape index (κ3) is 7.52. The topological polar surface area (TPSA) is 72.5 Å². The van der Waals surface area contributed by atoms with Gasteiger partial charge in [0.25, 0.3) is 0 Å². The first-order valence-electron chi connectivity index (χ1n) is 8.13. The van der Waals surface area contributed by atoms with Gasteiger partial charge in [-0.25, -0.2) is 0 Å². The van der Waals surface area contributed by atoms with Crippen LogP contribution in [0.25, 0.3) is 0 Å². The summed E-state index contributed by atoms with van der Waals surface area (Å²) in [5, 5.41) is 6.54. The first-order chi connectivity index (χ1) is 12.2. The van der Waals surface area contributed by atoms with Gasteiger partial charge in [0.05, 0.1) is 18.2 Å². The second-order valence-electron chi connectivity index (χ2n) is 5.77. The van der Waals surface area contributed by atoms with Gasteiger partial charge in [-0.05, 0) is 24.3 Å². The van der Waals surface area contributed by atoms with Crippen LogP contribution in [-0.4, -0.2) is 36.7 Å². The van der Waals surface area contributed by atoms with Crippen LogP contribution in [-0.2, 0) is 16.1 Å². The van der Waals surface area contributed by atoms with Gasteiger partial charge in [-0.15, -0.1) is 24.8 Å². The second-order valence-corrected chi connectivity index (χ2v) is 6.18. The highest BCUT2D eigenvalue weighted by Gasteiger charge is 2.17. The Kier molecular flexibility index (Phi) is 10.4. The van der Waals surface area contributed by atoms with Crippen molar-refractivity contribution in [3.8, 4) is 5.75 Å². The third-order valence-electron chi connectivity index (χ3n) is 3.76. The standard InChI is InChI=1S/C18H20ClN3O3.2ClH/c19-16-8-14(22-18(23)9-15-12-24-7-6-21-15)3-4-17(16)25-11-13-2-1-5-20-10-13;;/h1-5,8,10,15,21H,6-7,9,11-12H2,(H,22,23);2*1H. The van der Waals surface area contributed by atoms with Crippen molar-refractivity contribution in [3.05, 3.63) is 53.3 Å². The van der Waals surface area contributed by atoms with Crippen molar-refractivity contribution in [2.75, 3.05) is 25.1 Å². The van der Waals surface area contributed by atoms with Gasteiger partial charge in [-0.2, -0.15) is 0 Å². The van der Waals surface area contributed by atoms with E-state index in [-0.39, 0.29) is 36.8 Å². The first-order valence-corrected chi connectivity index (χ1v) is 8.51. The van der Waals surface area contributed by atoms with E-state index in [4.69, 9.17) is 21.1 Å². The molecular weight excluding hydrogens is 413 g/mol. The smallest absolute Gasteiger partial charge is 0.226 e. The van der Waals surface area contributed by atoms with E-state index in [2.05, 4.69) is 15.6 Å². The normalized spacial score (nSPS) is 15.8. The molecule has 0 bridgehead atoms. The minimum Gasteiger partial charge on any atom is -0.487 e. The minimum atomic E-state index is -0.0805. The van der Waals surface area contributed by atoms with E-state index < -0.39 is 0 Å². The molecule has 0 spiro atoms. The largest absolute Gasteiger partial charge is 0.487 e. The average Bonchev–Trinajstić information content (AvgIpc) is 2.63. The molecule has 0 radical (unpaired) electrons. The first kappa shape index (κ1) is 23.5. The highest BCUT2D eigenvalue weighted by molar-refractivity contribution is 6.32. The Morgan fingerprint density at radius 2 is 2.22 bits per heavy atom. The van der Waals surface area contributed by atoms with Crippen LogP contribution < -0.4 is 15.4 Å². The number of carbonyl (C=O) groups excluding carboxylic acids is 1. The van der Waals surface area contributed by atoms with E-state index in [1.54, 1.807) is 30.6 Å². The Hall–Kier alpha value is -1.57. The number of nitrogens with zero attached hydrogens (tertiary/aromatic N) is 1. The average molecular weight is 435 g/mol. The van der Waals surface area contributed by atoms with Crippen LogP contribution in [0.4, 0.5) is 5.69 Å². The number of nitrogens with one attached hydrogen (secondary N) is 2. The van der Waals surface area contributed by atoms with Crippen molar-refractivity contribution in [1.82, 2.24) is 10.3 Å². The molecule has 3 rings (SSSR count). The molecule has 0 aliphatic carbocycles. The number of anilines is 1. The molecule has 1 saturated heterocycles. The lowest BCUT2D eigenvalue weighted by Gasteiger charge is -2.23. The van der Waals surface area contributed by atoms with Crippen molar-refractivity contribution in [1.29, 1.82) is 0 Å². The number of morpholine rings is 1. The number of halogens is 3. The lowest BCUT2D eigenvalue weighted by atomic mass is 10.2. The Morgan fingerprint density at radius 1 is 1.37 bits per heavy atom. The summed E-state index contributed by atoms with van der Waals surface area (Å²) >= 11 is 6.25. The van der Waals surface area contributed by atoms with Crippen LogP contribution in [0.3, 0.4) is 0 Å². The number of benzene rings is 1. The van der Waals surface area contributed by atoms with Crippen molar-refractivity contribution < 1.29 is 14.3 Å². The molecule has 1 fully saturated rings. The van der Waals surface area contributed by atoms with Crippen molar-refractivity contribution in [2.45, 2.75) is 19.1 Å². The van der Waals surface area contributed by atoms with E-state index in [0.29, 0.717) is 42.7 Å². The molecule has 2 heterocycles. The van der Waals surface area contributed by atoms with Crippen LogP contribution in [0.5, 0.6) is 5.75 Å². The molecule has 9 heteroatoms. The number of hydrogen-bond acceptors (Lipinski definition) is 5. The number of pyridine rings is 1. The van der Waals surface area contributed by atoms with E-state index in [1.807, 2.05) is 12.1 Å². The number of hydrogen-bond donors (Lipinski definition) is 2. The zero-order chi connectivity index (χ0) is 17.5. The van der Waals surface area contributed by atoms with E-state index in [9.17, 15) is 4.79 Å². The maximum atomic E-state index is 12.1. The predicted molar refractivity (Wildman–Crippen MR) is 110 cm³/mol. The number of ether oxygens (including phenoxy) is 2. The van der Waals surface area contributed by atoms with Crippen LogP contribution in [0.15, 0.2) is 42.7 Å². The zero-order valence-corrected chi connectivity index (χ0v) is 16.9. The predicted octanol–water partition coefficient (Wildman–Crippen LogP) is 3.47. The van der Waals surface area contributed by atoms with Crippen LogP contribution >= 0.6 is 36.4 Å². The van der Waals surface area contributed by atoms with Gasteiger partial charge in [0, 0.05) is 42.7 Å². The quantitative estimate of drug-likeness (QED) is 0.728. The summed E-state index contributed by atoms with van der Waals surface area (Å²) in [5.41, 5.74) is 1.60. The summed E-state index contributed by atoms with van der Waals surface area (Å²) < 4.78 is 11.0. The number of carbonyl (C=O) groups is 1. The Balaban J connectivity index is 0.00000182. The molecule has 1 aromatic carbocycles. The Labute approximate surface area is 175 Å². The summed E-state index contributed by atoms with van der Waals surface area (Å²) in [6.07, 6.45) is 3.81. The number of aromatic nitrogens is 1. The van der Waals surface area contributed by atoms with Crippen molar-refractivity contribution in [3.63, 3.8) is 0 Å². The number of amides is 1. The lowest BCUT2D eigenvalue weighted by molar-refractivity contribution is -0.117. The molecule has 1 unspecified atom stereocenters. The van der Waals surface area contributed by atoms with E-state index in [0.717, 1.165) is 12.1 Å². The molecule has 27 heavy (non-hydrogen) atoms. The minimum absolute atomic E-state index is 0. The monoisotopic (exact) mass is 433 g/mol. The molecular formula is C18H22Cl3N3O3. The van der Waals surface area contributed by atoms with Crippen molar-refractivity contribution >= 4 is 48.0 Å². The molecule has 148 valence electrons. The third-order valence-corrected chi connectivity index (χ3v) is 4.06. The fourth-order valence-corrected chi connectivity index (χ4v) is 2.76. The van der Waals surface area contributed by atoms with Crippen LogP contribution in [0.2, 0.25) is 5.02 Å². The summed E-state index contributed by atoms with van der Waals surface area (Å²) in [7, 11) is 0. The molecule has 1 aromatic heterocycles. The fourth-order valence-electron chi connectivity index (χ4n) is 2.53. The molecule has 1 atom stereocenters. The molecule has 1 aliphatic heterocycles. The van der Waals surface area contributed by atoms with Crippen molar-refractivity contribution in [2.24, 2.45) is 0 Å². The highest BCUT2D eigenvalue weighted by atomic mass is 35.5. The molecule has 1 aliphatic rings. The van der Waals surface area contributed by atoms with Gasteiger partial charge in [0.1, 0.15) is 12.4 Å². The summed E-state index contributed by atoms with van der Waals surface area (Å²) in [4.78, 5) is 16.1. The Bertz CT molecular complexity index is 713. The van der Waals surface area contributed by atoms with E-state index >= 15 is 0 Å². The number of rotatable bonds is 6. The molecule has 1 amide bonds. The zero-order valence-electron chi connectivity index (χ0n) is 14.5. The lowest BCUT2D eigenvalue weighted by Crippen LogP contribution is -2.43. The summed E-state index contributed by atoms with van der Waals surface area (Å²) in [6.45, 7) is 2.39. The van der Waals surface area contributed by atoms with Crippen LogP contribution in [0.1, 0.15) is 12.0 Å². The molecule has 6 nitrogen and oxygen atoms in total. The van der Waals surface area contributed by atoms with Gasteiger partial charge in [0.15, 0.2) is 0 Å². The van der Waals surface area contributed by atoms with Gasteiger partial charge < -0.3 is 20.1 Å². The summed E-state index contributed by atoms with van der Waals surface area (Å²) in [5.74, 6) is 0.481. The second kappa shape index (κ2) is 12.0. The summed E-state index contributed by atoms with van der Waals surface area (Å²) in [6, 6.07) is 9.03. The molecule has 2 aromatic rings. The Morgan fingerprint density at radius 3 is 2.89 bits per heavy atom. The fraction of sp³-hybridized carbons (Fsp3) is 0.333. The van der Waals surface area contributed by atoms with Gasteiger partial charge in [-0.3, -0.25) is 9.78 Å². The van der Waals surface area contributed by atoms with Gasteiger partial charge in [-0.1, -0.05) is 17.7 Å². The molecule has 2 N–H and O–H groups in total. The maximum absolute atomic E-state index is 12.1.